The van der Waals surface area contributed by atoms with Gasteiger partial charge in [-0.3, -0.25) is 4.31 Å². The highest BCUT2D eigenvalue weighted by Gasteiger charge is 2.26. The summed E-state index contributed by atoms with van der Waals surface area (Å²) in [5.74, 6) is -0.596. The first kappa shape index (κ1) is 18.8. The predicted octanol–water partition coefficient (Wildman–Crippen LogP) is 4.37. The fourth-order valence-electron chi connectivity index (χ4n) is 2.59. The van der Waals surface area contributed by atoms with Crippen LogP contribution in [0.2, 0.25) is 0 Å². The van der Waals surface area contributed by atoms with Crippen molar-refractivity contribution in [3.05, 3.63) is 90.0 Å². The number of hydrogen-bond acceptors (Lipinski definition) is 3. The molecule has 0 fully saturated rings. The predicted molar refractivity (Wildman–Crippen MR) is 99.2 cm³/mol. The van der Waals surface area contributed by atoms with Gasteiger partial charge in [0.05, 0.1) is 24.2 Å². The second-order valence-corrected chi connectivity index (χ2v) is 7.66. The normalized spacial score (nSPS) is 11.2. The molecule has 140 valence electrons. The molecule has 0 unspecified atom stereocenters. The lowest BCUT2D eigenvalue weighted by atomic mass is 10.2. The van der Waals surface area contributed by atoms with E-state index >= 15 is 0 Å². The Labute approximate surface area is 156 Å². The van der Waals surface area contributed by atoms with E-state index in [4.69, 9.17) is 4.74 Å². The van der Waals surface area contributed by atoms with Crippen LogP contribution in [0.5, 0.6) is 5.75 Å². The van der Waals surface area contributed by atoms with E-state index < -0.39 is 21.7 Å². The maximum absolute atomic E-state index is 13.7. The smallest absolute Gasteiger partial charge is 0.264 e. The molecule has 4 nitrogen and oxygen atoms in total. The summed E-state index contributed by atoms with van der Waals surface area (Å²) in [4.78, 5) is 0.00761. The van der Waals surface area contributed by atoms with Crippen molar-refractivity contribution in [3.63, 3.8) is 0 Å². The molecule has 0 bridgehead atoms. The van der Waals surface area contributed by atoms with E-state index in [9.17, 15) is 17.2 Å². The lowest BCUT2D eigenvalue weighted by molar-refractivity contribution is 0.413. The maximum Gasteiger partial charge on any atom is 0.264 e. The monoisotopic (exact) mass is 389 g/mol. The van der Waals surface area contributed by atoms with Gasteiger partial charge in [0.2, 0.25) is 0 Å². The Morgan fingerprint density at radius 1 is 0.889 bits per heavy atom. The van der Waals surface area contributed by atoms with E-state index in [1.54, 1.807) is 12.1 Å². The number of methoxy groups -OCH3 is 1. The molecule has 0 aromatic heterocycles. The fourth-order valence-corrected chi connectivity index (χ4v) is 4.07. The Kier molecular flexibility index (Phi) is 5.41. The Hall–Kier alpha value is -2.93. The van der Waals surface area contributed by atoms with Gasteiger partial charge in [0.25, 0.3) is 10.0 Å². The highest BCUT2D eigenvalue weighted by Crippen LogP contribution is 2.28. The van der Waals surface area contributed by atoms with Gasteiger partial charge in [-0.15, -0.1) is 0 Å². The number of benzene rings is 3. The molecule has 0 aliphatic heterocycles. The zero-order chi connectivity index (χ0) is 19.4. The molecule has 0 amide bonds. The van der Waals surface area contributed by atoms with Gasteiger partial charge in [-0.1, -0.05) is 24.3 Å². The van der Waals surface area contributed by atoms with Gasteiger partial charge >= 0.3 is 0 Å². The topological polar surface area (TPSA) is 46.6 Å². The standard InChI is InChI=1S/C20H17F2NO3S/c1-26-19-6-3-7-20(13-19)27(24,25)23(18-5-2-4-17(22)12-18)14-15-8-10-16(21)11-9-15/h2-13H,14H2,1H3. The molecular formula is C20H17F2NO3S. The molecule has 0 aliphatic carbocycles. The fraction of sp³-hybridized carbons (Fsp3) is 0.100. The summed E-state index contributed by atoms with van der Waals surface area (Å²) in [6, 6.07) is 16.8. The Morgan fingerprint density at radius 3 is 2.26 bits per heavy atom. The Balaban J connectivity index is 2.08. The third kappa shape index (κ3) is 4.25. The number of sulfonamides is 1. The number of nitrogens with zero attached hydrogens (tertiary/aromatic N) is 1. The quantitative estimate of drug-likeness (QED) is 0.629. The average Bonchev–Trinajstić information content (AvgIpc) is 2.67. The van der Waals surface area contributed by atoms with Crippen LogP contribution >= 0.6 is 0 Å². The van der Waals surface area contributed by atoms with Crippen molar-refractivity contribution in [1.82, 2.24) is 0 Å². The summed E-state index contributed by atoms with van der Waals surface area (Å²) < 4.78 is 59.6. The minimum atomic E-state index is -4.02. The van der Waals surface area contributed by atoms with Crippen LogP contribution in [0, 0.1) is 11.6 Å². The molecule has 0 atom stereocenters. The first-order valence-corrected chi connectivity index (χ1v) is 9.51. The summed E-state index contributed by atoms with van der Waals surface area (Å²) in [5, 5.41) is 0. The third-order valence-corrected chi connectivity index (χ3v) is 5.73. The van der Waals surface area contributed by atoms with Crippen LogP contribution in [0.4, 0.5) is 14.5 Å². The van der Waals surface area contributed by atoms with Gasteiger partial charge in [-0.2, -0.15) is 0 Å². The van der Waals surface area contributed by atoms with Crippen molar-refractivity contribution in [2.75, 3.05) is 11.4 Å². The van der Waals surface area contributed by atoms with Crippen molar-refractivity contribution >= 4 is 15.7 Å². The molecule has 7 heteroatoms. The van der Waals surface area contributed by atoms with Crippen molar-refractivity contribution < 1.29 is 21.9 Å². The second-order valence-electron chi connectivity index (χ2n) is 5.80. The Bertz CT molecular complexity index is 1040. The maximum atomic E-state index is 13.7. The van der Waals surface area contributed by atoms with E-state index in [1.165, 1.54) is 61.7 Å². The van der Waals surface area contributed by atoms with Crippen molar-refractivity contribution in [3.8, 4) is 5.75 Å². The van der Waals surface area contributed by atoms with E-state index in [2.05, 4.69) is 0 Å². The highest BCUT2D eigenvalue weighted by molar-refractivity contribution is 7.92. The molecule has 0 saturated heterocycles. The molecule has 3 aromatic carbocycles. The first-order chi connectivity index (χ1) is 12.9. The molecule has 0 spiro atoms. The second kappa shape index (κ2) is 7.75. The van der Waals surface area contributed by atoms with Crippen LogP contribution in [0.1, 0.15) is 5.56 Å². The van der Waals surface area contributed by atoms with Gasteiger partial charge in [-0.25, -0.2) is 17.2 Å². The summed E-state index contributed by atoms with van der Waals surface area (Å²) in [6.45, 7) is -0.0801. The lowest BCUT2D eigenvalue weighted by Crippen LogP contribution is -2.30. The van der Waals surface area contributed by atoms with E-state index in [-0.39, 0.29) is 17.1 Å². The van der Waals surface area contributed by atoms with Gasteiger partial charge in [0.15, 0.2) is 0 Å². The van der Waals surface area contributed by atoms with Crippen LogP contribution in [-0.2, 0) is 16.6 Å². The summed E-state index contributed by atoms with van der Waals surface area (Å²) in [7, 11) is -2.58. The van der Waals surface area contributed by atoms with Crippen LogP contribution in [0.15, 0.2) is 77.7 Å². The lowest BCUT2D eigenvalue weighted by Gasteiger charge is -2.25. The summed E-state index contributed by atoms with van der Waals surface area (Å²) in [6.07, 6.45) is 0. The number of rotatable bonds is 6. The molecular weight excluding hydrogens is 372 g/mol. The molecule has 3 aromatic rings. The number of hydrogen-bond donors (Lipinski definition) is 0. The average molecular weight is 389 g/mol. The van der Waals surface area contributed by atoms with E-state index in [0.29, 0.717) is 11.3 Å². The molecule has 27 heavy (non-hydrogen) atoms. The number of ether oxygens (including phenoxy) is 1. The largest absolute Gasteiger partial charge is 0.497 e. The summed E-state index contributed by atoms with van der Waals surface area (Å²) >= 11 is 0. The van der Waals surface area contributed by atoms with Crippen LogP contribution < -0.4 is 9.04 Å². The van der Waals surface area contributed by atoms with E-state index in [0.717, 1.165) is 10.4 Å². The van der Waals surface area contributed by atoms with Crippen LogP contribution in [-0.4, -0.2) is 15.5 Å². The van der Waals surface area contributed by atoms with Gasteiger partial charge in [0, 0.05) is 6.07 Å². The molecule has 0 saturated carbocycles. The minimum absolute atomic E-state index is 0.00761. The minimum Gasteiger partial charge on any atom is -0.497 e. The van der Waals surface area contributed by atoms with E-state index in [1.807, 2.05) is 0 Å². The van der Waals surface area contributed by atoms with Gasteiger partial charge in [0.1, 0.15) is 17.4 Å². The SMILES string of the molecule is COc1cccc(S(=O)(=O)N(Cc2ccc(F)cc2)c2cccc(F)c2)c1. The molecule has 0 radical (unpaired) electrons. The first-order valence-electron chi connectivity index (χ1n) is 8.07. The van der Waals surface area contributed by atoms with Crippen LogP contribution in [0.3, 0.4) is 0 Å². The number of anilines is 1. The zero-order valence-corrected chi connectivity index (χ0v) is 15.3. The van der Waals surface area contributed by atoms with Crippen LogP contribution in [0.25, 0.3) is 0 Å². The molecule has 0 N–H and O–H groups in total. The van der Waals surface area contributed by atoms with Gasteiger partial charge in [-0.05, 0) is 48.0 Å². The molecule has 0 aliphatic rings. The van der Waals surface area contributed by atoms with Crippen molar-refractivity contribution in [2.45, 2.75) is 11.4 Å². The van der Waals surface area contributed by atoms with Crippen molar-refractivity contribution in [1.29, 1.82) is 0 Å². The van der Waals surface area contributed by atoms with Crippen molar-refractivity contribution in [2.24, 2.45) is 0 Å². The Morgan fingerprint density at radius 2 is 1.59 bits per heavy atom. The molecule has 0 heterocycles. The molecule has 3 rings (SSSR count). The zero-order valence-electron chi connectivity index (χ0n) is 14.5. The summed E-state index contributed by atoms with van der Waals surface area (Å²) in [5.41, 5.74) is 0.731. The number of halogens is 2. The highest BCUT2D eigenvalue weighted by atomic mass is 32.2. The third-order valence-electron chi connectivity index (χ3n) is 3.96. The van der Waals surface area contributed by atoms with Gasteiger partial charge < -0.3 is 4.74 Å².